The van der Waals surface area contributed by atoms with E-state index in [0.29, 0.717) is 11.6 Å². The number of nitro benzene ring substituents is 1. The highest BCUT2D eigenvalue weighted by Gasteiger charge is 2.24. The van der Waals surface area contributed by atoms with Crippen molar-refractivity contribution in [2.75, 3.05) is 45.2 Å². The standard InChI is InChI=1S/C17H25N5O3/c1-20(2)8-3-11-25-13-6-9-21(10-7-13)15-4-5-16(22(23)24)17-14(15)12-18-19-17/h4-5,12-13H,3,6-11H2,1-2H3,(H,18,19). The van der Waals surface area contributed by atoms with Crippen LogP contribution in [0.3, 0.4) is 0 Å². The molecule has 1 saturated heterocycles. The number of piperidine rings is 1. The Bertz CT molecular complexity index is 722. The Morgan fingerprint density at radius 2 is 2.16 bits per heavy atom. The van der Waals surface area contributed by atoms with Crippen LogP contribution in [0.25, 0.3) is 10.9 Å². The Morgan fingerprint density at radius 1 is 1.40 bits per heavy atom. The minimum atomic E-state index is -0.377. The SMILES string of the molecule is CN(C)CCCOC1CCN(c2ccc([N+](=O)[O-])c3[nH]ncc23)CC1. The second-order valence-corrected chi connectivity index (χ2v) is 6.73. The van der Waals surface area contributed by atoms with Gasteiger partial charge in [0.25, 0.3) is 5.69 Å². The fourth-order valence-electron chi connectivity index (χ4n) is 3.33. The van der Waals surface area contributed by atoms with Crippen molar-refractivity contribution < 1.29 is 9.66 Å². The first kappa shape index (κ1) is 17.6. The maximum Gasteiger partial charge on any atom is 0.295 e. The topological polar surface area (TPSA) is 87.5 Å². The fraction of sp³-hybridized carbons (Fsp3) is 0.588. The van der Waals surface area contributed by atoms with Crippen molar-refractivity contribution in [2.45, 2.75) is 25.4 Å². The van der Waals surface area contributed by atoms with Gasteiger partial charge >= 0.3 is 0 Å². The van der Waals surface area contributed by atoms with Crippen molar-refractivity contribution in [3.05, 3.63) is 28.4 Å². The van der Waals surface area contributed by atoms with E-state index in [0.717, 1.165) is 56.6 Å². The molecule has 0 amide bonds. The first-order chi connectivity index (χ1) is 12.1. The molecule has 0 saturated carbocycles. The molecule has 2 heterocycles. The van der Waals surface area contributed by atoms with Gasteiger partial charge in [-0.1, -0.05) is 0 Å². The smallest absolute Gasteiger partial charge is 0.295 e. The third-order valence-corrected chi connectivity index (χ3v) is 4.65. The summed E-state index contributed by atoms with van der Waals surface area (Å²) in [6.45, 7) is 3.61. The van der Waals surface area contributed by atoms with Gasteiger partial charge in [-0.2, -0.15) is 5.10 Å². The summed E-state index contributed by atoms with van der Waals surface area (Å²) in [6, 6.07) is 3.38. The number of H-pyrrole nitrogens is 1. The van der Waals surface area contributed by atoms with Crippen molar-refractivity contribution in [1.82, 2.24) is 15.1 Å². The van der Waals surface area contributed by atoms with Crippen molar-refractivity contribution in [1.29, 1.82) is 0 Å². The van der Waals surface area contributed by atoms with Crippen LogP contribution in [0.2, 0.25) is 0 Å². The summed E-state index contributed by atoms with van der Waals surface area (Å²) >= 11 is 0. The zero-order valence-corrected chi connectivity index (χ0v) is 14.8. The van der Waals surface area contributed by atoms with Crippen LogP contribution in [0.4, 0.5) is 11.4 Å². The van der Waals surface area contributed by atoms with Crippen LogP contribution >= 0.6 is 0 Å². The molecule has 1 aromatic carbocycles. The van der Waals surface area contributed by atoms with E-state index in [-0.39, 0.29) is 10.6 Å². The number of hydrogen-bond acceptors (Lipinski definition) is 6. The highest BCUT2D eigenvalue weighted by Crippen LogP contribution is 2.33. The Kier molecular flexibility index (Phi) is 5.50. The minimum absolute atomic E-state index is 0.0651. The summed E-state index contributed by atoms with van der Waals surface area (Å²) < 4.78 is 5.98. The van der Waals surface area contributed by atoms with Crippen molar-refractivity contribution in [2.24, 2.45) is 0 Å². The largest absolute Gasteiger partial charge is 0.378 e. The number of nitro groups is 1. The molecule has 0 bridgehead atoms. The van der Waals surface area contributed by atoms with Crippen LogP contribution in [0.5, 0.6) is 0 Å². The molecule has 3 rings (SSSR count). The van der Waals surface area contributed by atoms with Gasteiger partial charge in [0.15, 0.2) is 0 Å². The van der Waals surface area contributed by atoms with Gasteiger partial charge in [0, 0.05) is 31.5 Å². The molecule has 25 heavy (non-hydrogen) atoms. The number of benzene rings is 1. The Balaban J connectivity index is 1.60. The Labute approximate surface area is 146 Å². The average Bonchev–Trinajstić information content (AvgIpc) is 3.08. The Hall–Kier alpha value is -2.19. The number of ether oxygens (including phenoxy) is 1. The summed E-state index contributed by atoms with van der Waals surface area (Å²) in [5.74, 6) is 0. The number of nitrogens with one attached hydrogen (secondary N) is 1. The van der Waals surface area contributed by atoms with Crippen molar-refractivity contribution >= 4 is 22.3 Å². The number of non-ortho nitro benzene ring substituents is 1. The minimum Gasteiger partial charge on any atom is -0.378 e. The van der Waals surface area contributed by atoms with Crippen LogP contribution in [0.1, 0.15) is 19.3 Å². The van der Waals surface area contributed by atoms with E-state index >= 15 is 0 Å². The predicted molar refractivity (Wildman–Crippen MR) is 97.1 cm³/mol. The third kappa shape index (κ3) is 4.08. The normalized spacial score (nSPS) is 16.0. The zero-order chi connectivity index (χ0) is 17.8. The lowest BCUT2D eigenvalue weighted by Crippen LogP contribution is -2.37. The second-order valence-electron chi connectivity index (χ2n) is 6.73. The van der Waals surface area contributed by atoms with Crippen LogP contribution in [0, 0.1) is 10.1 Å². The maximum atomic E-state index is 11.1. The van der Waals surface area contributed by atoms with Gasteiger partial charge in [0.05, 0.1) is 22.6 Å². The van der Waals surface area contributed by atoms with Crippen LogP contribution < -0.4 is 4.90 Å². The molecule has 1 aromatic heterocycles. The molecule has 0 aliphatic carbocycles. The molecule has 8 nitrogen and oxygen atoms in total. The lowest BCUT2D eigenvalue weighted by Gasteiger charge is -2.34. The third-order valence-electron chi connectivity index (χ3n) is 4.65. The number of aromatic nitrogens is 2. The number of rotatable bonds is 7. The number of nitrogens with zero attached hydrogens (tertiary/aromatic N) is 4. The molecule has 1 aliphatic heterocycles. The number of hydrogen-bond donors (Lipinski definition) is 1. The molecule has 1 aliphatic rings. The van der Waals surface area contributed by atoms with E-state index in [1.807, 2.05) is 6.07 Å². The quantitative estimate of drug-likeness (QED) is 0.470. The summed E-state index contributed by atoms with van der Waals surface area (Å²) in [7, 11) is 4.14. The predicted octanol–water partition coefficient (Wildman–Crippen LogP) is 2.41. The molecular formula is C17H25N5O3. The molecule has 0 unspecified atom stereocenters. The first-order valence-electron chi connectivity index (χ1n) is 8.68. The summed E-state index contributed by atoms with van der Waals surface area (Å²) in [6.07, 6.45) is 4.96. The summed E-state index contributed by atoms with van der Waals surface area (Å²) in [4.78, 5) is 15.2. The van der Waals surface area contributed by atoms with Gasteiger partial charge in [0.1, 0.15) is 5.52 Å². The molecule has 136 valence electrons. The maximum absolute atomic E-state index is 11.1. The molecule has 0 atom stereocenters. The summed E-state index contributed by atoms with van der Waals surface area (Å²) in [5.41, 5.74) is 1.56. The average molecular weight is 347 g/mol. The molecule has 1 fully saturated rings. The lowest BCUT2D eigenvalue weighted by molar-refractivity contribution is -0.383. The van der Waals surface area contributed by atoms with Crippen molar-refractivity contribution in [3.8, 4) is 0 Å². The highest BCUT2D eigenvalue weighted by molar-refractivity contribution is 5.97. The van der Waals surface area contributed by atoms with Gasteiger partial charge in [-0.05, 0) is 46.0 Å². The lowest BCUT2D eigenvalue weighted by atomic mass is 10.1. The second kappa shape index (κ2) is 7.79. The molecule has 0 spiro atoms. The molecule has 2 aromatic rings. The molecule has 0 radical (unpaired) electrons. The van der Waals surface area contributed by atoms with Gasteiger partial charge in [0.2, 0.25) is 0 Å². The van der Waals surface area contributed by atoms with Gasteiger partial charge < -0.3 is 14.5 Å². The highest BCUT2D eigenvalue weighted by atomic mass is 16.6. The van der Waals surface area contributed by atoms with Crippen LogP contribution in [-0.4, -0.2) is 66.5 Å². The van der Waals surface area contributed by atoms with Gasteiger partial charge in [-0.3, -0.25) is 15.2 Å². The van der Waals surface area contributed by atoms with Crippen molar-refractivity contribution in [3.63, 3.8) is 0 Å². The Morgan fingerprint density at radius 3 is 2.84 bits per heavy atom. The molecular weight excluding hydrogens is 322 g/mol. The first-order valence-corrected chi connectivity index (χ1v) is 8.68. The van der Waals surface area contributed by atoms with E-state index in [4.69, 9.17) is 4.74 Å². The van der Waals surface area contributed by atoms with E-state index in [1.54, 1.807) is 12.3 Å². The van der Waals surface area contributed by atoms with Gasteiger partial charge in [-0.25, -0.2) is 0 Å². The molecule has 8 heteroatoms. The van der Waals surface area contributed by atoms with Gasteiger partial charge in [-0.15, -0.1) is 0 Å². The monoisotopic (exact) mass is 347 g/mol. The summed E-state index contributed by atoms with van der Waals surface area (Å²) in [5, 5.41) is 18.7. The van der Waals surface area contributed by atoms with E-state index in [1.165, 1.54) is 0 Å². The van der Waals surface area contributed by atoms with E-state index < -0.39 is 0 Å². The molecule has 1 N–H and O–H groups in total. The zero-order valence-electron chi connectivity index (χ0n) is 14.8. The number of fused-ring (bicyclic) bond motifs is 1. The van der Waals surface area contributed by atoms with E-state index in [2.05, 4.69) is 34.1 Å². The number of aromatic amines is 1. The van der Waals surface area contributed by atoms with Crippen LogP contribution in [0.15, 0.2) is 18.3 Å². The van der Waals surface area contributed by atoms with E-state index in [9.17, 15) is 10.1 Å². The number of anilines is 1. The fourth-order valence-corrected chi connectivity index (χ4v) is 3.33. The van der Waals surface area contributed by atoms with Crippen LogP contribution in [-0.2, 0) is 4.74 Å².